The lowest BCUT2D eigenvalue weighted by Crippen LogP contribution is -2.44. The lowest BCUT2D eigenvalue weighted by atomic mass is 9.90. The van der Waals surface area contributed by atoms with Crippen LogP contribution in [-0.2, 0) is 11.3 Å². The van der Waals surface area contributed by atoms with Crippen LogP contribution in [0.4, 0.5) is 0 Å². The zero-order chi connectivity index (χ0) is 21.6. The third kappa shape index (κ3) is 5.21. The molecule has 0 bridgehead atoms. The van der Waals surface area contributed by atoms with Gasteiger partial charge >= 0.3 is 0 Å². The maximum Gasteiger partial charge on any atom is 0.223 e. The molecule has 1 N–H and O–H groups in total. The highest BCUT2D eigenvalue weighted by Crippen LogP contribution is 2.35. The summed E-state index contributed by atoms with van der Waals surface area (Å²) in [5.74, 6) is 2.42. The Hall–Kier alpha value is -2.12. The van der Waals surface area contributed by atoms with E-state index in [1.54, 1.807) is 25.6 Å². The summed E-state index contributed by atoms with van der Waals surface area (Å²) >= 11 is 1.64. The topological polar surface area (TPSA) is 63.7 Å². The van der Waals surface area contributed by atoms with Gasteiger partial charge in [-0.05, 0) is 50.3 Å². The number of carbonyl (C=O) groups excluding carboxylic acids is 1. The van der Waals surface area contributed by atoms with Crippen molar-refractivity contribution < 1.29 is 14.3 Å². The number of carbonyl (C=O) groups is 1. The fourth-order valence-electron chi connectivity index (χ4n) is 5.04. The van der Waals surface area contributed by atoms with Gasteiger partial charge in [0.15, 0.2) is 0 Å². The van der Waals surface area contributed by atoms with Crippen molar-refractivity contribution in [2.45, 2.75) is 51.1 Å². The van der Waals surface area contributed by atoms with Crippen LogP contribution in [0.2, 0.25) is 0 Å². The van der Waals surface area contributed by atoms with Gasteiger partial charge in [0.1, 0.15) is 16.5 Å². The molecule has 2 aromatic rings. The van der Waals surface area contributed by atoms with Crippen LogP contribution in [0.1, 0.15) is 55.1 Å². The molecule has 1 amide bonds. The summed E-state index contributed by atoms with van der Waals surface area (Å²) in [7, 11) is 3.41. The monoisotopic (exact) mass is 443 g/mol. The van der Waals surface area contributed by atoms with Crippen molar-refractivity contribution in [3.05, 3.63) is 40.3 Å². The van der Waals surface area contributed by atoms with Crippen LogP contribution in [-0.4, -0.2) is 43.1 Å². The molecule has 4 rings (SSSR count). The highest BCUT2D eigenvalue weighted by molar-refractivity contribution is 7.09. The molecule has 2 fully saturated rings. The molecule has 6 nitrogen and oxygen atoms in total. The maximum atomic E-state index is 13.0. The lowest BCUT2D eigenvalue weighted by Gasteiger charge is -2.37. The molecule has 2 heterocycles. The molecule has 31 heavy (non-hydrogen) atoms. The second kappa shape index (κ2) is 10.5. The first-order chi connectivity index (χ1) is 15.2. The van der Waals surface area contributed by atoms with Crippen molar-refractivity contribution in [3.63, 3.8) is 0 Å². The van der Waals surface area contributed by atoms with Crippen LogP contribution in [0.15, 0.2) is 29.8 Å². The molecule has 1 aliphatic carbocycles. The standard InChI is InChI=1S/C24H33N3O3S/c1-29-20-10-5-11-21(30-2)19(20)16-27-13-6-9-18(15-27)22(24-25-12-14-31-24)26-23(28)17-7-3-4-8-17/h5,10-12,14,17-18,22H,3-4,6-9,13,15-16H2,1-2H3,(H,26,28)/t18-,22+/m1/s1. The average Bonchev–Trinajstić information content (AvgIpc) is 3.52. The summed E-state index contributed by atoms with van der Waals surface area (Å²) in [6, 6.07) is 5.91. The van der Waals surface area contributed by atoms with Crippen LogP contribution in [0.25, 0.3) is 0 Å². The first-order valence-corrected chi connectivity index (χ1v) is 12.2. The fourth-order valence-corrected chi connectivity index (χ4v) is 5.82. The molecule has 1 saturated heterocycles. The Bertz CT molecular complexity index is 830. The minimum atomic E-state index is -0.0181. The number of nitrogens with zero attached hydrogens (tertiary/aromatic N) is 2. The van der Waals surface area contributed by atoms with E-state index in [2.05, 4.69) is 15.2 Å². The Balaban J connectivity index is 1.49. The zero-order valence-corrected chi connectivity index (χ0v) is 19.3. The van der Waals surface area contributed by atoms with E-state index in [0.29, 0.717) is 5.92 Å². The van der Waals surface area contributed by atoms with Crippen LogP contribution in [0.3, 0.4) is 0 Å². The lowest BCUT2D eigenvalue weighted by molar-refractivity contribution is -0.126. The number of nitrogens with one attached hydrogen (secondary N) is 1. The summed E-state index contributed by atoms with van der Waals surface area (Å²) in [4.78, 5) is 20.0. The summed E-state index contributed by atoms with van der Waals surface area (Å²) < 4.78 is 11.2. The van der Waals surface area contributed by atoms with Crippen LogP contribution < -0.4 is 14.8 Å². The number of methoxy groups -OCH3 is 2. The fraction of sp³-hybridized carbons (Fsp3) is 0.583. The highest BCUT2D eigenvalue weighted by atomic mass is 32.1. The zero-order valence-electron chi connectivity index (χ0n) is 18.5. The van der Waals surface area contributed by atoms with Crippen molar-refractivity contribution >= 4 is 17.2 Å². The molecule has 7 heteroatoms. The normalized spacial score (nSPS) is 21.0. The predicted octanol–water partition coefficient (Wildman–Crippen LogP) is 4.42. The first-order valence-electron chi connectivity index (χ1n) is 11.3. The molecule has 1 saturated carbocycles. The third-order valence-electron chi connectivity index (χ3n) is 6.67. The quantitative estimate of drug-likeness (QED) is 0.654. The second-order valence-electron chi connectivity index (χ2n) is 8.62. The molecule has 1 aromatic heterocycles. The van der Waals surface area contributed by atoms with E-state index in [-0.39, 0.29) is 17.9 Å². The molecule has 0 spiro atoms. The minimum absolute atomic E-state index is 0.0181. The summed E-state index contributed by atoms with van der Waals surface area (Å²) in [5, 5.41) is 6.42. The van der Waals surface area contributed by atoms with E-state index in [9.17, 15) is 4.79 Å². The van der Waals surface area contributed by atoms with Crippen molar-refractivity contribution in [2.75, 3.05) is 27.3 Å². The number of hydrogen-bond donors (Lipinski definition) is 1. The van der Waals surface area contributed by atoms with Gasteiger partial charge in [0.2, 0.25) is 5.91 Å². The van der Waals surface area contributed by atoms with Gasteiger partial charge in [-0.1, -0.05) is 18.9 Å². The molecular weight excluding hydrogens is 410 g/mol. The number of thiazole rings is 1. The van der Waals surface area contributed by atoms with Crippen LogP contribution >= 0.6 is 11.3 Å². The Morgan fingerprint density at radius 1 is 1.19 bits per heavy atom. The number of amides is 1. The number of piperidine rings is 1. The van der Waals surface area contributed by atoms with E-state index in [1.807, 2.05) is 29.8 Å². The van der Waals surface area contributed by atoms with Crippen LogP contribution in [0.5, 0.6) is 11.5 Å². The largest absolute Gasteiger partial charge is 0.496 e. The van der Waals surface area contributed by atoms with Gasteiger partial charge in [-0.25, -0.2) is 4.98 Å². The van der Waals surface area contributed by atoms with Gasteiger partial charge < -0.3 is 14.8 Å². The SMILES string of the molecule is COc1cccc(OC)c1CN1CCC[C@@H]([C@H](NC(=O)C2CCCC2)c2nccs2)C1. The number of aromatic nitrogens is 1. The van der Waals surface area contributed by atoms with E-state index < -0.39 is 0 Å². The number of ether oxygens (including phenoxy) is 2. The number of benzene rings is 1. The van der Waals surface area contributed by atoms with Gasteiger partial charge in [-0.15, -0.1) is 11.3 Å². The Labute approximate surface area is 189 Å². The molecule has 168 valence electrons. The van der Waals surface area contributed by atoms with Gasteiger partial charge in [0.25, 0.3) is 0 Å². The predicted molar refractivity (Wildman–Crippen MR) is 123 cm³/mol. The number of hydrogen-bond acceptors (Lipinski definition) is 6. The van der Waals surface area contributed by atoms with Crippen molar-refractivity contribution in [1.29, 1.82) is 0 Å². The molecule has 1 aromatic carbocycles. The summed E-state index contributed by atoms with van der Waals surface area (Å²) in [6.45, 7) is 2.71. The summed E-state index contributed by atoms with van der Waals surface area (Å²) in [6.07, 6.45) is 8.39. The first kappa shape index (κ1) is 22.1. The molecular formula is C24H33N3O3S. The maximum absolute atomic E-state index is 13.0. The smallest absolute Gasteiger partial charge is 0.223 e. The van der Waals surface area contributed by atoms with E-state index in [1.165, 1.54) is 0 Å². The van der Waals surface area contributed by atoms with E-state index >= 15 is 0 Å². The second-order valence-corrected chi connectivity index (χ2v) is 9.54. The van der Waals surface area contributed by atoms with Gasteiger partial charge in [0, 0.05) is 30.6 Å². The van der Waals surface area contributed by atoms with Gasteiger partial charge in [-0.2, -0.15) is 0 Å². The van der Waals surface area contributed by atoms with E-state index in [4.69, 9.17) is 9.47 Å². The molecule has 2 atom stereocenters. The Morgan fingerprint density at radius 3 is 2.58 bits per heavy atom. The molecule has 1 aliphatic heterocycles. The summed E-state index contributed by atoms with van der Waals surface area (Å²) in [5.41, 5.74) is 1.08. The number of likely N-dealkylation sites (tertiary alicyclic amines) is 1. The van der Waals surface area contributed by atoms with Crippen molar-refractivity contribution in [2.24, 2.45) is 11.8 Å². The number of rotatable bonds is 8. The molecule has 2 aliphatic rings. The van der Waals surface area contributed by atoms with Crippen molar-refractivity contribution in [3.8, 4) is 11.5 Å². The van der Waals surface area contributed by atoms with Gasteiger partial charge in [-0.3, -0.25) is 9.69 Å². The van der Waals surface area contributed by atoms with E-state index in [0.717, 1.165) is 80.2 Å². The van der Waals surface area contributed by atoms with Crippen molar-refractivity contribution in [1.82, 2.24) is 15.2 Å². The van der Waals surface area contributed by atoms with Gasteiger partial charge in [0.05, 0.1) is 25.8 Å². The average molecular weight is 444 g/mol. The molecule has 0 radical (unpaired) electrons. The highest BCUT2D eigenvalue weighted by Gasteiger charge is 2.33. The Morgan fingerprint density at radius 2 is 1.94 bits per heavy atom. The Kier molecular flexibility index (Phi) is 7.45. The molecule has 0 unspecified atom stereocenters. The third-order valence-corrected chi connectivity index (χ3v) is 7.52. The minimum Gasteiger partial charge on any atom is -0.496 e. The van der Waals surface area contributed by atoms with Crippen LogP contribution in [0, 0.1) is 11.8 Å².